The van der Waals surface area contributed by atoms with E-state index in [0.717, 1.165) is 0 Å². The van der Waals surface area contributed by atoms with Crippen LogP contribution in [0.3, 0.4) is 0 Å². The van der Waals surface area contributed by atoms with E-state index in [4.69, 9.17) is 5.73 Å². The topological polar surface area (TPSA) is 50.9 Å². The van der Waals surface area contributed by atoms with Crippen LogP contribution in [-0.4, -0.2) is 17.7 Å². The lowest BCUT2D eigenvalue weighted by Gasteiger charge is -2.08. The number of rotatable bonds is 3. The second-order valence-electron chi connectivity index (χ2n) is 2.76. The van der Waals surface area contributed by atoms with Gasteiger partial charge in [-0.15, -0.1) is 0 Å². The lowest BCUT2D eigenvalue weighted by Crippen LogP contribution is -2.14. The van der Waals surface area contributed by atoms with Crippen LogP contribution >= 0.6 is 0 Å². The fourth-order valence-electron chi connectivity index (χ4n) is 0.858. The quantitative estimate of drug-likeness (QED) is 0.793. The molecule has 0 saturated carbocycles. The first-order valence-electron chi connectivity index (χ1n) is 3.99. The predicted octanol–water partition coefficient (Wildman–Crippen LogP) is 2.03. The van der Waals surface area contributed by atoms with Gasteiger partial charge in [-0.05, 0) is 12.1 Å². The van der Waals surface area contributed by atoms with Crippen molar-refractivity contribution in [1.82, 2.24) is 4.98 Å². The standard InChI is InChI=1S/C8H10F3N3/c9-8(10,11)3-4-13-6-1-2-7(12)14-5-6/h1-2,5,13H,3-4H2,(H2,12,14). The Kier molecular flexibility index (Phi) is 3.16. The van der Waals surface area contributed by atoms with Crippen LogP contribution in [0.5, 0.6) is 0 Å². The summed E-state index contributed by atoms with van der Waals surface area (Å²) in [6.45, 7) is -0.158. The number of halogens is 3. The van der Waals surface area contributed by atoms with Gasteiger partial charge in [-0.1, -0.05) is 0 Å². The molecule has 14 heavy (non-hydrogen) atoms. The Hall–Kier alpha value is -1.46. The van der Waals surface area contributed by atoms with Crippen molar-refractivity contribution in [2.24, 2.45) is 0 Å². The largest absolute Gasteiger partial charge is 0.390 e. The van der Waals surface area contributed by atoms with Gasteiger partial charge in [0.1, 0.15) is 5.82 Å². The third kappa shape index (κ3) is 3.97. The van der Waals surface area contributed by atoms with E-state index in [9.17, 15) is 13.2 Å². The van der Waals surface area contributed by atoms with Crippen LogP contribution in [0.15, 0.2) is 18.3 Å². The van der Waals surface area contributed by atoms with Crippen molar-refractivity contribution in [2.75, 3.05) is 17.6 Å². The molecular formula is C8H10F3N3. The molecule has 0 atom stereocenters. The number of anilines is 2. The highest BCUT2D eigenvalue weighted by atomic mass is 19.4. The van der Waals surface area contributed by atoms with Crippen molar-refractivity contribution in [3.8, 4) is 0 Å². The third-order valence-electron chi connectivity index (χ3n) is 1.52. The van der Waals surface area contributed by atoms with E-state index in [-0.39, 0.29) is 6.54 Å². The van der Waals surface area contributed by atoms with Gasteiger partial charge in [-0.2, -0.15) is 13.2 Å². The summed E-state index contributed by atoms with van der Waals surface area (Å²) in [5, 5.41) is 2.59. The molecule has 1 heterocycles. The number of pyridine rings is 1. The SMILES string of the molecule is Nc1ccc(NCCC(F)(F)F)cn1. The third-order valence-corrected chi connectivity index (χ3v) is 1.52. The zero-order valence-corrected chi connectivity index (χ0v) is 7.30. The molecule has 78 valence electrons. The van der Waals surface area contributed by atoms with E-state index in [2.05, 4.69) is 10.3 Å². The fraction of sp³-hybridized carbons (Fsp3) is 0.375. The Morgan fingerprint density at radius 2 is 2.07 bits per heavy atom. The second-order valence-corrected chi connectivity index (χ2v) is 2.76. The van der Waals surface area contributed by atoms with Crippen LogP contribution in [0.25, 0.3) is 0 Å². The number of nitrogens with one attached hydrogen (secondary N) is 1. The average molecular weight is 205 g/mol. The minimum Gasteiger partial charge on any atom is -0.384 e. The molecule has 1 aromatic heterocycles. The first kappa shape index (κ1) is 10.6. The number of alkyl halides is 3. The summed E-state index contributed by atoms with van der Waals surface area (Å²) >= 11 is 0. The summed E-state index contributed by atoms with van der Waals surface area (Å²) in [4.78, 5) is 3.73. The van der Waals surface area contributed by atoms with Gasteiger partial charge in [0.15, 0.2) is 0 Å². The van der Waals surface area contributed by atoms with Gasteiger partial charge in [0, 0.05) is 6.54 Å². The summed E-state index contributed by atoms with van der Waals surface area (Å²) < 4.78 is 35.2. The Morgan fingerprint density at radius 3 is 2.57 bits per heavy atom. The van der Waals surface area contributed by atoms with Gasteiger partial charge >= 0.3 is 6.18 Å². The van der Waals surface area contributed by atoms with Crippen LogP contribution in [0.2, 0.25) is 0 Å². The van der Waals surface area contributed by atoms with E-state index in [1.165, 1.54) is 12.3 Å². The average Bonchev–Trinajstić information content (AvgIpc) is 2.06. The smallest absolute Gasteiger partial charge is 0.384 e. The number of nitrogens with two attached hydrogens (primary N) is 1. The van der Waals surface area contributed by atoms with Crippen LogP contribution in [0.1, 0.15) is 6.42 Å². The molecule has 1 aromatic rings. The molecule has 0 saturated heterocycles. The summed E-state index contributed by atoms with van der Waals surface area (Å²) in [7, 11) is 0. The van der Waals surface area contributed by atoms with Gasteiger partial charge in [-0.3, -0.25) is 0 Å². The van der Waals surface area contributed by atoms with E-state index >= 15 is 0 Å². The van der Waals surface area contributed by atoms with Crippen molar-refractivity contribution in [1.29, 1.82) is 0 Å². The minimum atomic E-state index is -4.13. The monoisotopic (exact) mass is 205 g/mol. The lowest BCUT2D eigenvalue weighted by atomic mass is 10.3. The van der Waals surface area contributed by atoms with Crippen molar-refractivity contribution >= 4 is 11.5 Å². The van der Waals surface area contributed by atoms with Gasteiger partial charge in [0.25, 0.3) is 0 Å². The van der Waals surface area contributed by atoms with Gasteiger partial charge in [0.05, 0.1) is 18.3 Å². The minimum absolute atomic E-state index is 0.158. The second kappa shape index (κ2) is 4.17. The molecule has 0 bridgehead atoms. The molecule has 0 radical (unpaired) electrons. The number of hydrogen-bond acceptors (Lipinski definition) is 3. The van der Waals surface area contributed by atoms with Crippen LogP contribution < -0.4 is 11.1 Å². The maximum absolute atomic E-state index is 11.7. The Bertz CT molecular complexity index is 281. The molecule has 0 unspecified atom stereocenters. The zero-order chi connectivity index (χ0) is 10.6. The molecule has 1 rings (SSSR count). The van der Waals surface area contributed by atoms with Gasteiger partial charge in [-0.25, -0.2) is 4.98 Å². The molecule has 0 spiro atoms. The molecule has 0 aliphatic rings. The van der Waals surface area contributed by atoms with E-state index in [0.29, 0.717) is 11.5 Å². The Balaban J connectivity index is 2.35. The molecule has 0 aromatic carbocycles. The first-order valence-corrected chi connectivity index (χ1v) is 3.99. The maximum Gasteiger partial charge on any atom is 0.390 e. The van der Waals surface area contributed by atoms with Crippen molar-refractivity contribution < 1.29 is 13.2 Å². The fourth-order valence-corrected chi connectivity index (χ4v) is 0.858. The number of nitrogen functional groups attached to an aromatic ring is 1. The Morgan fingerprint density at radius 1 is 1.36 bits per heavy atom. The highest BCUT2D eigenvalue weighted by molar-refractivity contribution is 5.45. The lowest BCUT2D eigenvalue weighted by molar-refractivity contribution is -0.131. The van der Waals surface area contributed by atoms with E-state index in [1.807, 2.05) is 0 Å². The molecule has 3 nitrogen and oxygen atoms in total. The molecule has 0 fully saturated rings. The van der Waals surface area contributed by atoms with Crippen molar-refractivity contribution in [3.63, 3.8) is 0 Å². The number of aromatic nitrogens is 1. The van der Waals surface area contributed by atoms with Crippen LogP contribution in [0, 0.1) is 0 Å². The summed E-state index contributed by atoms with van der Waals surface area (Å²) in [5.74, 6) is 0.339. The highest BCUT2D eigenvalue weighted by Crippen LogP contribution is 2.19. The van der Waals surface area contributed by atoms with Crippen molar-refractivity contribution in [3.05, 3.63) is 18.3 Å². The molecule has 0 aliphatic heterocycles. The normalized spacial score (nSPS) is 11.4. The predicted molar refractivity (Wildman–Crippen MR) is 47.8 cm³/mol. The molecule has 0 aliphatic carbocycles. The summed E-state index contributed by atoms with van der Waals surface area (Å²) in [5.41, 5.74) is 5.84. The van der Waals surface area contributed by atoms with E-state index in [1.54, 1.807) is 6.07 Å². The van der Waals surface area contributed by atoms with Crippen LogP contribution in [0.4, 0.5) is 24.7 Å². The van der Waals surface area contributed by atoms with E-state index < -0.39 is 12.6 Å². The summed E-state index contributed by atoms with van der Waals surface area (Å²) in [6.07, 6.45) is -3.60. The van der Waals surface area contributed by atoms with Gasteiger partial charge < -0.3 is 11.1 Å². The highest BCUT2D eigenvalue weighted by Gasteiger charge is 2.25. The van der Waals surface area contributed by atoms with Gasteiger partial charge in [0.2, 0.25) is 0 Å². The first-order chi connectivity index (χ1) is 6.47. The zero-order valence-electron chi connectivity index (χ0n) is 7.30. The molecular weight excluding hydrogens is 195 g/mol. The number of hydrogen-bond donors (Lipinski definition) is 2. The maximum atomic E-state index is 11.7. The number of nitrogens with zero attached hydrogens (tertiary/aromatic N) is 1. The molecule has 6 heteroatoms. The molecule has 3 N–H and O–H groups in total. The van der Waals surface area contributed by atoms with Crippen molar-refractivity contribution in [2.45, 2.75) is 12.6 Å². The Labute approximate surface area is 79.1 Å². The molecule has 0 amide bonds. The summed E-state index contributed by atoms with van der Waals surface area (Å²) in [6, 6.07) is 3.11. The van der Waals surface area contributed by atoms with Crippen LogP contribution in [-0.2, 0) is 0 Å².